The zero-order chi connectivity index (χ0) is 16.2. The average Bonchev–Trinajstić information content (AvgIpc) is 2.55. The Labute approximate surface area is 142 Å². The maximum Gasteiger partial charge on any atom is 0.160 e. The highest BCUT2D eigenvalue weighted by molar-refractivity contribution is 9.10. The Morgan fingerprint density at radius 3 is 2.30 bits per heavy atom. The Hall–Kier alpha value is -2.67. The Morgan fingerprint density at radius 1 is 0.913 bits per heavy atom. The summed E-state index contributed by atoms with van der Waals surface area (Å²) in [5.74, 6) is 1.77. The van der Waals surface area contributed by atoms with E-state index in [0.717, 1.165) is 15.7 Å². The Balaban J connectivity index is 1.86. The fourth-order valence-electron chi connectivity index (χ4n) is 1.99. The highest BCUT2D eigenvalue weighted by atomic mass is 79.9. The number of aromatic nitrogens is 3. The molecule has 0 atom stereocenters. The summed E-state index contributed by atoms with van der Waals surface area (Å²) in [5.41, 5.74) is 8.50. The number of nitrogens with zero attached hydrogens (tertiary/aromatic N) is 3. The van der Waals surface area contributed by atoms with Crippen LogP contribution in [-0.4, -0.2) is 15.0 Å². The SMILES string of the molecule is Cc1cccnc1Nc1ncnc(Nc2ccc(Br)cc2)c1N. The van der Waals surface area contributed by atoms with Crippen LogP contribution in [0, 0.1) is 6.92 Å². The third-order valence-corrected chi connectivity index (χ3v) is 3.77. The van der Waals surface area contributed by atoms with Gasteiger partial charge in [0.25, 0.3) is 0 Å². The molecule has 6 nitrogen and oxygen atoms in total. The number of halogens is 1. The second kappa shape index (κ2) is 6.62. The van der Waals surface area contributed by atoms with Crippen LogP contribution >= 0.6 is 15.9 Å². The molecule has 0 amide bonds. The normalized spacial score (nSPS) is 10.3. The molecule has 4 N–H and O–H groups in total. The largest absolute Gasteiger partial charge is 0.393 e. The van der Waals surface area contributed by atoms with E-state index in [1.165, 1.54) is 6.33 Å². The number of nitrogen functional groups attached to an aromatic ring is 1. The molecule has 0 radical (unpaired) electrons. The monoisotopic (exact) mass is 370 g/mol. The van der Waals surface area contributed by atoms with Crippen molar-refractivity contribution >= 4 is 44.8 Å². The standard InChI is InChI=1S/C16H15BrN6/c1-10-3-2-8-19-14(10)23-16-13(18)15(20-9-21-16)22-12-6-4-11(17)5-7-12/h2-9H,18H2,1H3,(H2,19,20,21,22,23). The third kappa shape index (κ3) is 3.57. The van der Waals surface area contributed by atoms with E-state index in [1.54, 1.807) is 6.20 Å². The summed E-state index contributed by atoms with van der Waals surface area (Å²) in [4.78, 5) is 12.7. The van der Waals surface area contributed by atoms with Crippen LogP contribution in [0.15, 0.2) is 53.4 Å². The highest BCUT2D eigenvalue weighted by Crippen LogP contribution is 2.28. The lowest BCUT2D eigenvalue weighted by Crippen LogP contribution is -2.06. The Bertz CT molecular complexity index is 819. The molecule has 116 valence electrons. The van der Waals surface area contributed by atoms with Crippen LogP contribution < -0.4 is 16.4 Å². The van der Waals surface area contributed by atoms with E-state index in [1.807, 2.05) is 43.3 Å². The predicted octanol–water partition coefficient (Wildman–Crippen LogP) is 4.01. The number of rotatable bonds is 4. The van der Waals surface area contributed by atoms with Gasteiger partial charge in [-0.05, 0) is 42.8 Å². The number of nitrogens with two attached hydrogens (primary N) is 1. The van der Waals surface area contributed by atoms with Gasteiger partial charge in [0.05, 0.1) is 0 Å². The molecule has 23 heavy (non-hydrogen) atoms. The molecule has 1 aromatic carbocycles. The van der Waals surface area contributed by atoms with Crippen molar-refractivity contribution in [1.29, 1.82) is 0 Å². The summed E-state index contributed by atoms with van der Waals surface area (Å²) in [7, 11) is 0. The van der Waals surface area contributed by atoms with Crippen LogP contribution in [0.25, 0.3) is 0 Å². The number of hydrogen-bond acceptors (Lipinski definition) is 6. The molecule has 0 saturated carbocycles. The van der Waals surface area contributed by atoms with Gasteiger partial charge in [-0.15, -0.1) is 0 Å². The van der Waals surface area contributed by atoms with Crippen molar-refractivity contribution in [3.63, 3.8) is 0 Å². The molecule has 0 aliphatic heterocycles. The van der Waals surface area contributed by atoms with E-state index >= 15 is 0 Å². The maximum atomic E-state index is 6.17. The van der Waals surface area contributed by atoms with Gasteiger partial charge < -0.3 is 16.4 Å². The summed E-state index contributed by atoms with van der Waals surface area (Å²) in [5, 5.41) is 6.32. The topological polar surface area (TPSA) is 88.8 Å². The van der Waals surface area contributed by atoms with Crippen molar-refractivity contribution in [2.24, 2.45) is 0 Å². The van der Waals surface area contributed by atoms with Gasteiger partial charge in [0, 0.05) is 16.4 Å². The first-order valence-corrected chi connectivity index (χ1v) is 7.74. The van der Waals surface area contributed by atoms with E-state index in [-0.39, 0.29) is 0 Å². The molecule has 7 heteroatoms. The average molecular weight is 371 g/mol. The second-order valence-electron chi connectivity index (χ2n) is 4.91. The number of hydrogen-bond donors (Lipinski definition) is 3. The minimum absolute atomic E-state index is 0.431. The quantitative estimate of drug-likeness (QED) is 0.642. The minimum Gasteiger partial charge on any atom is -0.393 e. The predicted molar refractivity (Wildman–Crippen MR) is 96.1 cm³/mol. The fraction of sp³-hybridized carbons (Fsp3) is 0.0625. The highest BCUT2D eigenvalue weighted by Gasteiger charge is 2.10. The molecule has 0 spiro atoms. The van der Waals surface area contributed by atoms with Gasteiger partial charge in [-0.1, -0.05) is 22.0 Å². The summed E-state index contributed by atoms with van der Waals surface area (Å²) in [6.07, 6.45) is 3.17. The molecule has 0 aliphatic rings. The van der Waals surface area contributed by atoms with E-state index in [0.29, 0.717) is 23.1 Å². The maximum absolute atomic E-state index is 6.17. The molecule has 0 fully saturated rings. The zero-order valence-corrected chi connectivity index (χ0v) is 14.0. The molecule has 2 aromatic heterocycles. The first kappa shape index (κ1) is 15.2. The van der Waals surface area contributed by atoms with Crippen LogP contribution in [0.3, 0.4) is 0 Å². The molecule has 3 aromatic rings. The number of aryl methyl sites for hydroxylation is 1. The number of benzene rings is 1. The van der Waals surface area contributed by atoms with Crippen molar-refractivity contribution in [2.45, 2.75) is 6.92 Å². The van der Waals surface area contributed by atoms with Crippen LogP contribution in [-0.2, 0) is 0 Å². The molecule has 0 unspecified atom stereocenters. The molecule has 0 aliphatic carbocycles. The molecule has 0 saturated heterocycles. The lowest BCUT2D eigenvalue weighted by molar-refractivity contribution is 1.15. The van der Waals surface area contributed by atoms with Crippen molar-refractivity contribution in [3.8, 4) is 0 Å². The summed E-state index contributed by atoms with van der Waals surface area (Å²) < 4.78 is 1.01. The van der Waals surface area contributed by atoms with Gasteiger partial charge in [0.1, 0.15) is 17.8 Å². The first-order valence-electron chi connectivity index (χ1n) is 6.95. The van der Waals surface area contributed by atoms with Gasteiger partial charge in [0.15, 0.2) is 11.6 Å². The zero-order valence-electron chi connectivity index (χ0n) is 12.4. The van der Waals surface area contributed by atoms with Crippen LogP contribution in [0.4, 0.5) is 28.8 Å². The molecule has 2 heterocycles. The minimum atomic E-state index is 0.431. The Morgan fingerprint density at radius 2 is 1.61 bits per heavy atom. The van der Waals surface area contributed by atoms with Crippen molar-refractivity contribution in [2.75, 3.05) is 16.4 Å². The lowest BCUT2D eigenvalue weighted by atomic mass is 10.3. The van der Waals surface area contributed by atoms with Crippen LogP contribution in [0.1, 0.15) is 5.56 Å². The summed E-state index contributed by atoms with van der Waals surface area (Å²) in [6.45, 7) is 1.97. The molecule has 3 rings (SSSR count). The molecular formula is C16H15BrN6. The van der Waals surface area contributed by atoms with Crippen molar-refractivity contribution in [3.05, 3.63) is 59.0 Å². The number of nitrogens with one attached hydrogen (secondary N) is 2. The summed E-state index contributed by atoms with van der Waals surface area (Å²) >= 11 is 3.41. The van der Waals surface area contributed by atoms with Gasteiger partial charge in [-0.25, -0.2) is 15.0 Å². The van der Waals surface area contributed by atoms with E-state index in [4.69, 9.17) is 5.73 Å². The van der Waals surface area contributed by atoms with E-state index in [2.05, 4.69) is 41.5 Å². The van der Waals surface area contributed by atoms with Crippen molar-refractivity contribution < 1.29 is 0 Å². The van der Waals surface area contributed by atoms with Crippen LogP contribution in [0.5, 0.6) is 0 Å². The van der Waals surface area contributed by atoms with E-state index in [9.17, 15) is 0 Å². The number of anilines is 5. The summed E-state index contributed by atoms with van der Waals surface area (Å²) in [6, 6.07) is 11.6. The number of pyridine rings is 1. The van der Waals surface area contributed by atoms with E-state index < -0.39 is 0 Å². The van der Waals surface area contributed by atoms with Gasteiger partial charge in [-0.2, -0.15) is 0 Å². The smallest absolute Gasteiger partial charge is 0.160 e. The van der Waals surface area contributed by atoms with Gasteiger partial charge >= 0.3 is 0 Å². The second-order valence-corrected chi connectivity index (χ2v) is 5.83. The van der Waals surface area contributed by atoms with Crippen LogP contribution in [0.2, 0.25) is 0 Å². The third-order valence-electron chi connectivity index (χ3n) is 3.24. The van der Waals surface area contributed by atoms with Crippen molar-refractivity contribution in [1.82, 2.24) is 15.0 Å². The van der Waals surface area contributed by atoms with Gasteiger partial charge in [0.2, 0.25) is 0 Å². The Kier molecular flexibility index (Phi) is 4.38. The lowest BCUT2D eigenvalue weighted by Gasteiger charge is -2.13. The van der Waals surface area contributed by atoms with Gasteiger partial charge in [-0.3, -0.25) is 0 Å². The fourth-order valence-corrected chi connectivity index (χ4v) is 2.26. The molecular weight excluding hydrogens is 356 g/mol. The first-order chi connectivity index (χ1) is 11.1. The molecule has 0 bridgehead atoms.